The molecular weight excluding hydrogens is 262 g/mol. The second-order valence-corrected chi connectivity index (χ2v) is 6.45. The van der Waals surface area contributed by atoms with Gasteiger partial charge in [0.15, 0.2) is 0 Å². The zero-order valence-electron chi connectivity index (χ0n) is 10.7. The van der Waals surface area contributed by atoms with Crippen LogP contribution in [0.3, 0.4) is 0 Å². The van der Waals surface area contributed by atoms with Crippen molar-refractivity contribution < 1.29 is 14.7 Å². The maximum Gasteiger partial charge on any atom is 0.345 e. The van der Waals surface area contributed by atoms with Gasteiger partial charge in [-0.25, -0.2) is 4.79 Å². The number of fused-ring (bicyclic) bond motifs is 1. The van der Waals surface area contributed by atoms with E-state index in [4.69, 9.17) is 5.11 Å². The quantitative estimate of drug-likeness (QED) is 0.905. The van der Waals surface area contributed by atoms with Gasteiger partial charge in [-0.05, 0) is 37.3 Å². The van der Waals surface area contributed by atoms with Crippen LogP contribution in [0, 0.1) is 5.92 Å². The molecule has 2 heterocycles. The monoisotopic (exact) mass is 279 g/mol. The molecule has 2 aliphatic rings. The second-order valence-electron chi connectivity index (χ2n) is 5.37. The molecule has 0 spiro atoms. The Morgan fingerprint density at radius 2 is 1.89 bits per heavy atom. The standard InChI is InChI=1S/C14H17NO3S/c16-13(11-5-6-12(19-11)14(17)18)15-8-7-9-3-1-2-4-10(9)15/h5-6,9-10H,1-4,7-8H2,(H,17,18). The molecule has 3 rings (SSSR count). The number of amides is 1. The maximum absolute atomic E-state index is 12.5. The van der Waals surface area contributed by atoms with Crippen molar-refractivity contribution in [1.82, 2.24) is 4.90 Å². The van der Waals surface area contributed by atoms with Crippen molar-refractivity contribution in [1.29, 1.82) is 0 Å². The van der Waals surface area contributed by atoms with Crippen molar-refractivity contribution in [3.63, 3.8) is 0 Å². The molecule has 1 saturated heterocycles. The summed E-state index contributed by atoms with van der Waals surface area (Å²) in [5.41, 5.74) is 0. The summed E-state index contributed by atoms with van der Waals surface area (Å²) in [6, 6.07) is 3.55. The summed E-state index contributed by atoms with van der Waals surface area (Å²) >= 11 is 1.08. The molecule has 1 aromatic heterocycles. The van der Waals surface area contributed by atoms with E-state index in [1.807, 2.05) is 4.90 Å². The SMILES string of the molecule is O=C(O)c1ccc(C(=O)N2CCC3CCCCC32)s1. The van der Waals surface area contributed by atoms with Crippen LogP contribution in [-0.4, -0.2) is 34.5 Å². The van der Waals surface area contributed by atoms with E-state index in [2.05, 4.69) is 0 Å². The predicted octanol–water partition coefficient (Wildman–Crippen LogP) is 2.85. The highest BCUT2D eigenvalue weighted by molar-refractivity contribution is 7.15. The number of carboxylic acids is 1. The molecule has 0 bridgehead atoms. The summed E-state index contributed by atoms with van der Waals surface area (Å²) in [4.78, 5) is 26.1. The molecule has 0 radical (unpaired) electrons. The summed E-state index contributed by atoms with van der Waals surface area (Å²) in [5.74, 6) is -0.274. The van der Waals surface area contributed by atoms with Gasteiger partial charge in [0.1, 0.15) is 4.88 Å². The number of hydrogen-bond acceptors (Lipinski definition) is 3. The van der Waals surface area contributed by atoms with Crippen LogP contribution < -0.4 is 0 Å². The molecule has 1 aromatic rings. The van der Waals surface area contributed by atoms with E-state index < -0.39 is 5.97 Å². The minimum Gasteiger partial charge on any atom is -0.477 e. The second kappa shape index (κ2) is 4.96. The van der Waals surface area contributed by atoms with Crippen LogP contribution in [0.25, 0.3) is 0 Å². The first-order valence-corrected chi connectivity index (χ1v) is 7.62. The minimum absolute atomic E-state index is 0.0203. The summed E-state index contributed by atoms with van der Waals surface area (Å²) in [6.45, 7) is 0.828. The lowest BCUT2D eigenvalue weighted by Crippen LogP contribution is -2.38. The van der Waals surface area contributed by atoms with E-state index in [1.165, 1.54) is 25.3 Å². The summed E-state index contributed by atoms with van der Waals surface area (Å²) < 4.78 is 0. The van der Waals surface area contributed by atoms with E-state index in [0.29, 0.717) is 16.8 Å². The highest BCUT2D eigenvalue weighted by atomic mass is 32.1. The van der Waals surface area contributed by atoms with Crippen molar-refractivity contribution in [2.45, 2.75) is 38.1 Å². The fourth-order valence-electron chi connectivity index (χ4n) is 3.37. The van der Waals surface area contributed by atoms with E-state index in [-0.39, 0.29) is 10.8 Å². The number of rotatable bonds is 2. The normalized spacial score (nSPS) is 26.2. The molecule has 2 fully saturated rings. The van der Waals surface area contributed by atoms with Gasteiger partial charge in [-0.1, -0.05) is 12.8 Å². The first kappa shape index (κ1) is 12.7. The first-order chi connectivity index (χ1) is 9.16. The number of hydrogen-bond donors (Lipinski definition) is 1. The van der Waals surface area contributed by atoms with E-state index in [1.54, 1.807) is 6.07 Å². The van der Waals surface area contributed by atoms with Crippen molar-refractivity contribution in [2.75, 3.05) is 6.54 Å². The molecule has 5 heteroatoms. The molecule has 1 aliphatic carbocycles. The van der Waals surface area contributed by atoms with Gasteiger partial charge >= 0.3 is 5.97 Å². The Hall–Kier alpha value is -1.36. The Morgan fingerprint density at radius 1 is 1.16 bits per heavy atom. The van der Waals surface area contributed by atoms with Gasteiger partial charge < -0.3 is 10.0 Å². The van der Waals surface area contributed by atoms with Gasteiger partial charge in [0.2, 0.25) is 0 Å². The third kappa shape index (κ3) is 2.27. The van der Waals surface area contributed by atoms with Crippen molar-refractivity contribution in [3.8, 4) is 0 Å². The topological polar surface area (TPSA) is 57.6 Å². The molecule has 1 amide bonds. The number of nitrogens with zero attached hydrogens (tertiary/aromatic N) is 1. The van der Waals surface area contributed by atoms with Crippen LogP contribution in [-0.2, 0) is 0 Å². The van der Waals surface area contributed by atoms with Gasteiger partial charge in [-0.3, -0.25) is 4.79 Å². The third-order valence-electron chi connectivity index (χ3n) is 4.30. The Balaban J connectivity index is 1.77. The van der Waals surface area contributed by atoms with Crippen molar-refractivity contribution in [3.05, 3.63) is 21.9 Å². The van der Waals surface area contributed by atoms with Gasteiger partial charge in [0.25, 0.3) is 5.91 Å². The average Bonchev–Trinajstić information content (AvgIpc) is 3.05. The van der Waals surface area contributed by atoms with Crippen LogP contribution in [0.5, 0.6) is 0 Å². The number of carbonyl (C=O) groups is 2. The number of thiophene rings is 1. The number of likely N-dealkylation sites (tertiary alicyclic amines) is 1. The highest BCUT2D eigenvalue weighted by Gasteiger charge is 2.38. The van der Waals surface area contributed by atoms with Gasteiger partial charge in [-0.2, -0.15) is 0 Å². The lowest BCUT2D eigenvalue weighted by atomic mass is 9.85. The molecule has 102 valence electrons. The number of carbonyl (C=O) groups excluding carboxylic acids is 1. The molecule has 1 N–H and O–H groups in total. The Labute approximate surface area is 116 Å². The maximum atomic E-state index is 12.5. The lowest BCUT2D eigenvalue weighted by Gasteiger charge is -2.31. The van der Waals surface area contributed by atoms with Crippen LogP contribution >= 0.6 is 11.3 Å². The van der Waals surface area contributed by atoms with Crippen LogP contribution in [0.2, 0.25) is 0 Å². The largest absolute Gasteiger partial charge is 0.477 e. The summed E-state index contributed by atoms with van der Waals surface area (Å²) in [6.07, 6.45) is 5.93. The fraction of sp³-hybridized carbons (Fsp3) is 0.571. The fourth-order valence-corrected chi connectivity index (χ4v) is 4.17. The molecule has 4 nitrogen and oxygen atoms in total. The molecule has 1 saturated carbocycles. The van der Waals surface area contributed by atoms with E-state index in [9.17, 15) is 9.59 Å². The van der Waals surface area contributed by atoms with Gasteiger partial charge in [-0.15, -0.1) is 11.3 Å². The summed E-state index contributed by atoms with van der Waals surface area (Å²) in [5, 5.41) is 8.92. The smallest absolute Gasteiger partial charge is 0.345 e. The third-order valence-corrected chi connectivity index (χ3v) is 5.36. The Bertz CT molecular complexity index is 511. The zero-order chi connectivity index (χ0) is 13.4. The Morgan fingerprint density at radius 3 is 2.63 bits per heavy atom. The Kier molecular flexibility index (Phi) is 3.31. The van der Waals surface area contributed by atoms with Gasteiger partial charge in [0, 0.05) is 12.6 Å². The summed E-state index contributed by atoms with van der Waals surface area (Å²) in [7, 11) is 0. The van der Waals surface area contributed by atoms with Crippen molar-refractivity contribution >= 4 is 23.2 Å². The zero-order valence-corrected chi connectivity index (χ0v) is 11.5. The molecule has 2 atom stereocenters. The molecule has 19 heavy (non-hydrogen) atoms. The van der Waals surface area contributed by atoms with E-state index in [0.717, 1.165) is 30.7 Å². The van der Waals surface area contributed by atoms with E-state index >= 15 is 0 Å². The molecular formula is C14H17NO3S. The molecule has 2 unspecified atom stereocenters. The van der Waals surface area contributed by atoms with Gasteiger partial charge in [0.05, 0.1) is 4.88 Å². The van der Waals surface area contributed by atoms with Crippen LogP contribution in [0.15, 0.2) is 12.1 Å². The minimum atomic E-state index is -0.957. The first-order valence-electron chi connectivity index (χ1n) is 6.81. The van der Waals surface area contributed by atoms with Crippen LogP contribution in [0.1, 0.15) is 51.4 Å². The number of aromatic carboxylic acids is 1. The molecule has 1 aliphatic heterocycles. The van der Waals surface area contributed by atoms with Crippen LogP contribution in [0.4, 0.5) is 0 Å². The molecule has 0 aromatic carbocycles. The lowest BCUT2D eigenvalue weighted by molar-refractivity contribution is 0.0690. The van der Waals surface area contributed by atoms with Crippen molar-refractivity contribution in [2.24, 2.45) is 5.92 Å². The predicted molar refractivity (Wildman–Crippen MR) is 72.7 cm³/mol. The highest BCUT2D eigenvalue weighted by Crippen LogP contribution is 2.37. The number of carboxylic acid groups (broad SMARTS) is 1. The average molecular weight is 279 g/mol.